The minimum Gasteiger partial charge on any atom is -0.358 e. The quantitative estimate of drug-likeness (QED) is 0.412. The average Bonchev–Trinajstić information content (AvgIpc) is 3.51. The first kappa shape index (κ1) is 20.0. The van der Waals surface area contributed by atoms with Crippen LogP contribution in [0.25, 0.3) is 22.6 Å². The van der Waals surface area contributed by atoms with Gasteiger partial charge >= 0.3 is 6.18 Å². The largest absolute Gasteiger partial charge is 0.417 e. The Kier molecular flexibility index (Phi) is 4.61. The number of fused-ring (bicyclic) bond motifs is 1. The van der Waals surface area contributed by atoms with E-state index in [2.05, 4.69) is 20.3 Å². The number of amides is 1. The fraction of sp³-hybridized carbons (Fsp3) is 0.174. The number of rotatable bonds is 4. The maximum Gasteiger partial charge on any atom is 0.417 e. The SMILES string of the molecule is O=C1C[C@@H](c2ccc3nc(-c4cc(C(=O)c5ccccc5C(F)(F)F)c[nH]4)[nH]c3c2)CN1. The van der Waals surface area contributed by atoms with Gasteiger partial charge in [0, 0.05) is 36.2 Å². The van der Waals surface area contributed by atoms with Crippen molar-refractivity contribution in [3.8, 4) is 11.5 Å². The van der Waals surface area contributed by atoms with E-state index in [4.69, 9.17) is 0 Å². The lowest BCUT2D eigenvalue weighted by Crippen LogP contribution is -2.13. The monoisotopic (exact) mass is 438 g/mol. The van der Waals surface area contributed by atoms with E-state index < -0.39 is 23.1 Å². The molecule has 1 aliphatic heterocycles. The number of carbonyl (C=O) groups is 2. The highest BCUT2D eigenvalue weighted by Crippen LogP contribution is 2.33. The second-order valence-corrected chi connectivity index (χ2v) is 7.74. The number of aromatic amines is 2. The molecular weight excluding hydrogens is 421 g/mol. The van der Waals surface area contributed by atoms with Crippen molar-refractivity contribution >= 4 is 22.7 Å². The molecule has 0 saturated carbocycles. The van der Waals surface area contributed by atoms with Crippen molar-refractivity contribution in [3.05, 3.63) is 77.0 Å². The molecule has 6 nitrogen and oxygen atoms in total. The Balaban J connectivity index is 1.45. The number of hydrogen-bond donors (Lipinski definition) is 3. The number of ketones is 1. The summed E-state index contributed by atoms with van der Waals surface area (Å²) in [5.74, 6) is -0.142. The normalized spacial score (nSPS) is 16.5. The Hall–Kier alpha value is -3.88. The minimum atomic E-state index is -4.62. The molecule has 1 atom stereocenters. The number of nitrogens with zero attached hydrogens (tertiary/aromatic N) is 1. The molecule has 0 radical (unpaired) electrons. The lowest BCUT2D eigenvalue weighted by atomic mass is 9.98. The Morgan fingerprint density at radius 2 is 1.91 bits per heavy atom. The van der Waals surface area contributed by atoms with Crippen LogP contribution in [0.15, 0.2) is 54.7 Å². The zero-order valence-electron chi connectivity index (χ0n) is 16.6. The number of H-pyrrole nitrogens is 2. The van der Waals surface area contributed by atoms with E-state index >= 15 is 0 Å². The van der Waals surface area contributed by atoms with Crippen molar-refractivity contribution in [1.29, 1.82) is 0 Å². The summed E-state index contributed by atoms with van der Waals surface area (Å²) in [6, 6.07) is 11.9. The third-order valence-corrected chi connectivity index (χ3v) is 5.63. The average molecular weight is 438 g/mol. The molecule has 1 saturated heterocycles. The van der Waals surface area contributed by atoms with Crippen LogP contribution in [0, 0.1) is 0 Å². The summed E-state index contributed by atoms with van der Waals surface area (Å²) in [4.78, 5) is 34.9. The predicted molar refractivity (Wildman–Crippen MR) is 111 cm³/mol. The molecule has 32 heavy (non-hydrogen) atoms. The molecule has 3 N–H and O–H groups in total. The zero-order chi connectivity index (χ0) is 22.5. The Morgan fingerprint density at radius 3 is 2.66 bits per heavy atom. The standard InChI is InChI=1S/C23H17F3N4O2/c24-23(25,26)16-4-2-1-3-15(16)21(32)14-8-19(27-11-14)22-29-17-6-5-12(7-18(17)30-22)13-9-20(31)28-10-13/h1-8,11,13,27H,9-10H2,(H,28,31)(H,29,30)/t13-/m1/s1. The van der Waals surface area contributed by atoms with Gasteiger partial charge in [0.1, 0.15) is 0 Å². The first-order valence-corrected chi connectivity index (χ1v) is 9.95. The van der Waals surface area contributed by atoms with Gasteiger partial charge in [-0.3, -0.25) is 9.59 Å². The van der Waals surface area contributed by atoms with Gasteiger partial charge in [0.05, 0.1) is 22.3 Å². The predicted octanol–water partition coefficient (Wildman–Crippen LogP) is 4.41. The van der Waals surface area contributed by atoms with Gasteiger partial charge < -0.3 is 15.3 Å². The van der Waals surface area contributed by atoms with Crippen LogP contribution < -0.4 is 5.32 Å². The molecule has 4 aromatic rings. The van der Waals surface area contributed by atoms with Gasteiger partial charge in [-0.05, 0) is 29.8 Å². The van der Waals surface area contributed by atoms with Gasteiger partial charge in [0.2, 0.25) is 5.91 Å². The molecule has 3 heterocycles. The van der Waals surface area contributed by atoms with Gasteiger partial charge in [-0.2, -0.15) is 13.2 Å². The maximum atomic E-state index is 13.3. The second kappa shape index (κ2) is 7.37. The van der Waals surface area contributed by atoms with Crippen LogP contribution in [0.5, 0.6) is 0 Å². The highest BCUT2D eigenvalue weighted by Gasteiger charge is 2.35. The molecule has 0 aliphatic carbocycles. The molecule has 0 unspecified atom stereocenters. The highest BCUT2D eigenvalue weighted by atomic mass is 19.4. The Labute approximate surface area is 179 Å². The molecule has 1 fully saturated rings. The first-order valence-electron chi connectivity index (χ1n) is 9.95. The molecule has 0 spiro atoms. The van der Waals surface area contributed by atoms with Gasteiger partial charge in [0.25, 0.3) is 0 Å². The van der Waals surface area contributed by atoms with E-state index in [9.17, 15) is 22.8 Å². The van der Waals surface area contributed by atoms with Gasteiger partial charge in [-0.15, -0.1) is 0 Å². The topological polar surface area (TPSA) is 90.6 Å². The fourth-order valence-corrected chi connectivity index (χ4v) is 4.00. The summed E-state index contributed by atoms with van der Waals surface area (Å²) in [5, 5.41) is 2.82. The highest BCUT2D eigenvalue weighted by molar-refractivity contribution is 6.10. The lowest BCUT2D eigenvalue weighted by Gasteiger charge is -2.10. The molecule has 2 aromatic heterocycles. The van der Waals surface area contributed by atoms with Crippen LogP contribution in [0.2, 0.25) is 0 Å². The third kappa shape index (κ3) is 3.55. The number of carbonyl (C=O) groups excluding carboxylic acids is 2. The number of benzene rings is 2. The fourth-order valence-electron chi connectivity index (χ4n) is 4.00. The summed E-state index contributed by atoms with van der Waals surface area (Å²) in [6.45, 7) is 0.590. The van der Waals surface area contributed by atoms with Crippen molar-refractivity contribution < 1.29 is 22.8 Å². The second-order valence-electron chi connectivity index (χ2n) is 7.74. The van der Waals surface area contributed by atoms with Crippen LogP contribution in [0.1, 0.15) is 39.4 Å². The summed E-state index contributed by atoms with van der Waals surface area (Å²) in [7, 11) is 0. The van der Waals surface area contributed by atoms with Crippen molar-refractivity contribution in [1.82, 2.24) is 20.3 Å². The number of imidazole rings is 1. The first-order chi connectivity index (χ1) is 15.3. The minimum absolute atomic E-state index is 0.0241. The van der Waals surface area contributed by atoms with Gasteiger partial charge in [-0.25, -0.2) is 4.98 Å². The van der Waals surface area contributed by atoms with Crippen LogP contribution in [0.3, 0.4) is 0 Å². The number of aromatic nitrogens is 3. The van der Waals surface area contributed by atoms with Crippen molar-refractivity contribution in [3.63, 3.8) is 0 Å². The van der Waals surface area contributed by atoms with E-state index in [-0.39, 0.29) is 17.4 Å². The maximum absolute atomic E-state index is 13.3. The number of alkyl halides is 3. The molecule has 162 valence electrons. The number of halogens is 3. The molecular formula is C23H17F3N4O2. The van der Waals surface area contributed by atoms with E-state index in [1.807, 2.05) is 18.2 Å². The van der Waals surface area contributed by atoms with Gasteiger partial charge in [-0.1, -0.05) is 24.3 Å². The van der Waals surface area contributed by atoms with E-state index in [0.717, 1.165) is 17.1 Å². The summed E-state index contributed by atoms with van der Waals surface area (Å²) >= 11 is 0. The van der Waals surface area contributed by atoms with E-state index in [1.165, 1.54) is 30.5 Å². The molecule has 9 heteroatoms. The zero-order valence-corrected chi connectivity index (χ0v) is 16.6. The molecule has 2 aromatic carbocycles. The number of hydrogen-bond acceptors (Lipinski definition) is 3. The molecule has 1 amide bonds. The van der Waals surface area contributed by atoms with Crippen molar-refractivity contribution in [2.24, 2.45) is 0 Å². The summed E-state index contributed by atoms with van der Waals surface area (Å²) < 4.78 is 39.8. The smallest absolute Gasteiger partial charge is 0.358 e. The van der Waals surface area contributed by atoms with Gasteiger partial charge in [0.15, 0.2) is 11.6 Å². The summed E-state index contributed by atoms with van der Waals surface area (Å²) in [5.41, 5.74) is 1.69. The van der Waals surface area contributed by atoms with Crippen LogP contribution >= 0.6 is 0 Å². The molecule has 0 bridgehead atoms. The lowest BCUT2D eigenvalue weighted by molar-refractivity contribution is -0.137. The Morgan fingerprint density at radius 1 is 1.09 bits per heavy atom. The van der Waals surface area contributed by atoms with Crippen molar-refractivity contribution in [2.45, 2.75) is 18.5 Å². The molecule has 5 rings (SSSR count). The number of nitrogens with one attached hydrogen (secondary N) is 3. The van der Waals surface area contributed by atoms with Crippen molar-refractivity contribution in [2.75, 3.05) is 6.54 Å². The summed E-state index contributed by atoms with van der Waals surface area (Å²) in [6.07, 6.45) is -2.81. The van der Waals surface area contributed by atoms with E-state index in [1.54, 1.807) is 0 Å². The molecule has 1 aliphatic rings. The Bertz CT molecular complexity index is 1350. The van der Waals surface area contributed by atoms with Crippen LogP contribution in [0.4, 0.5) is 13.2 Å². The van der Waals surface area contributed by atoms with Crippen LogP contribution in [-0.4, -0.2) is 33.2 Å². The van der Waals surface area contributed by atoms with E-state index in [0.29, 0.717) is 30.0 Å². The third-order valence-electron chi connectivity index (χ3n) is 5.63. The van der Waals surface area contributed by atoms with Crippen LogP contribution in [-0.2, 0) is 11.0 Å².